The molecule has 0 N–H and O–H groups in total. The summed E-state index contributed by atoms with van der Waals surface area (Å²) in [6, 6.07) is 81.8. The molecule has 0 radical (unpaired) electrons. The minimum atomic E-state index is -0.300. The Labute approximate surface area is 390 Å². The van der Waals surface area contributed by atoms with Gasteiger partial charge in [0.15, 0.2) is 11.6 Å². The summed E-state index contributed by atoms with van der Waals surface area (Å²) in [5, 5.41) is 9.53. The van der Waals surface area contributed by atoms with Crippen LogP contribution in [-0.4, -0.2) is 19.9 Å². The Morgan fingerprint density at radius 1 is 0.239 bits per heavy atom. The Morgan fingerprint density at radius 3 is 0.746 bits per heavy atom. The minimum absolute atomic E-state index is 0.300. The molecule has 2 heterocycles. The van der Waals surface area contributed by atoms with E-state index in [1.807, 2.05) is 0 Å². The van der Waals surface area contributed by atoms with Crippen molar-refractivity contribution in [3.8, 4) is 67.8 Å². The lowest BCUT2D eigenvalue weighted by molar-refractivity contribution is 0.641. The van der Waals surface area contributed by atoms with Crippen molar-refractivity contribution in [2.45, 2.75) is 19.3 Å². The van der Waals surface area contributed by atoms with Crippen LogP contribution in [0.1, 0.15) is 25.0 Å². The Balaban J connectivity index is 0.882. The van der Waals surface area contributed by atoms with Gasteiger partial charge in [0, 0.05) is 38.8 Å². The second-order valence-electron chi connectivity index (χ2n) is 18.0. The fourth-order valence-corrected chi connectivity index (χ4v) is 9.38. The van der Waals surface area contributed by atoms with Crippen LogP contribution in [0, 0.1) is 0 Å². The zero-order valence-corrected chi connectivity index (χ0v) is 37.2. The van der Waals surface area contributed by atoms with Gasteiger partial charge in [-0.2, -0.15) is 0 Å². The van der Waals surface area contributed by atoms with Gasteiger partial charge in [0.25, 0.3) is 0 Å². The second-order valence-corrected chi connectivity index (χ2v) is 18.0. The van der Waals surface area contributed by atoms with Crippen LogP contribution in [0.2, 0.25) is 0 Å². The molecule has 4 heteroatoms. The van der Waals surface area contributed by atoms with E-state index in [1.165, 1.54) is 54.2 Å². The fraction of sp³-hybridized carbons (Fsp3) is 0.0476. The minimum Gasteiger partial charge on any atom is -0.228 e. The van der Waals surface area contributed by atoms with E-state index in [-0.39, 0.29) is 5.41 Å². The van der Waals surface area contributed by atoms with Crippen LogP contribution >= 0.6 is 0 Å². The third-order valence-corrected chi connectivity index (χ3v) is 13.4. The summed E-state index contributed by atoms with van der Waals surface area (Å²) in [5.74, 6) is 1.38. The maximum absolute atomic E-state index is 5.21. The van der Waals surface area contributed by atoms with Gasteiger partial charge in [-0.1, -0.05) is 208 Å². The predicted octanol–water partition coefficient (Wildman–Crippen LogP) is 16.2. The summed E-state index contributed by atoms with van der Waals surface area (Å²) in [4.78, 5) is 20.8. The van der Waals surface area contributed by atoms with Crippen LogP contribution in [0.3, 0.4) is 0 Å². The van der Waals surface area contributed by atoms with Gasteiger partial charge >= 0.3 is 0 Å². The number of aromatic nitrogens is 4. The molecule has 0 atom stereocenters. The monoisotopic (exact) mass is 856 g/mol. The van der Waals surface area contributed by atoms with Crippen molar-refractivity contribution < 1.29 is 0 Å². The molecule has 0 aliphatic rings. The van der Waals surface area contributed by atoms with E-state index in [0.717, 1.165) is 56.2 Å². The number of nitrogens with zero attached hydrogens (tertiary/aromatic N) is 4. The number of benzene rings is 10. The molecule has 316 valence electrons. The molecule has 0 amide bonds. The second kappa shape index (κ2) is 16.4. The van der Waals surface area contributed by atoms with Crippen molar-refractivity contribution in [1.82, 2.24) is 19.9 Å². The van der Waals surface area contributed by atoms with Gasteiger partial charge in [0.05, 0.1) is 22.8 Å². The fourth-order valence-electron chi connectivity index (χ4n) is 9.38. The largest absolute Gasteiger partial charge is 0.228 e. The van der Waals surface area contributed by atoms with E-state index >= 15 is 0 Å². The molecule has 2 aromatic heterocycles. The standard InChI is InChI=1S/C63H44N4/c1-63(2,55-31-27-45(28-32-55)61-64-57(51-23-19-41-11-3-7-15-47(41)35-51)39-58(65-61)52-24-20-42-12-4-8-16-48(42)36-52)56-33-29-46(30-34-56)62-66-59(53-25-21-43-13-5-9-17-49(43)37-53)40-60(67-62)54-26-22-44-14-6-10-18-50(44)38-54/h3-40H,1-2H3. The highest BCUT2D eigenvalue weighted by atomic mass is 14.9. The molecule has 10 aromatic carbocycles. The van der Waals surface area contributed by atoms with Crippen molar-refractivity contribution in [2.24, 2.45) is 0 Å². The molecule has 0 unspecified atom stereocenters. The van der Waals surface area contributed by atoms with Crippen LogP contribution in [0.5, 0.6) is 0 Å². The topological polar surface area (TPSA) is 51.6 Å². The van der Waals surface area contributed by atoms with Crippen LogP contribution < -0.4 is 0 Å². The van der Waals surface area contributed by atoms with E-state index in [9.17, 15) is 0 Å². The van der Waals surface area contributed by atoms with E-state index in [2.05, 4.69) is 244 Å². The summed E-state index contributed by atoms with van der Waals surface area (Å²) >= 11 is 0. The van der Waals surface area contributed by atoms with Crippen LogP contribution in [0.15, 0.2) is 231 Å². The number of hydrogen-bond acceptors (Lipinski definition) is 4. The third kappa shape index (κ3) is 7.69. The van der Waals surface area contributed by atoms with Gasteiger partial charge in [-0.25, -0.2) is 19.9 Å². The van der Waals surface area contributed by atoms with Crippen molar-refractivity contribution in [2.75, 3.05) is 0 Å². The molecule has 0 aliphatic heterocycles. The highest BCUT2D eigenvalue weighted by Gasteiger charge is 2.24. The van der Waals surface area contributed by atoms with Crippen molar-refractivity contribution in [3.05, 3.63) is 242 Å². The average molecular weight is 857 g/mol. The van der Waals surface area contributed by atoms with E-state index in [0.29, 0.717) is 11.6 Å². The molecule has 0 spiro atoms. The molecular weight excluding hydrogens is 813 g/mol. The van der Waals surface area contributed by atoms with E-state index < -0.39 is 0 Å². The van der Waals surface area contributed by atoms with Gasteiger partial charge < -0.3 is 0 Å². The molecule has 0 fully saturated rings. The Morgan fingerprint density at radius 2 is 0.478 bits per heavy atom. The first-order chi connectivity index (χ1) is 32.9. The van der Waals surface area contributed by atoms with Crippen LogP contribution in [0.25, 0.3) is 111 Å². The molecule has 67 heavy (non-hydrogen) atoms. The molecule has 12 rings (SSSR count). The lowest BCUT2D eigenvalue weighted by Gasteiger charge is -2.26. The summed E-state index contributed by atoms with van der Waals surface area (Å²) in [7, 11) is 0. The molecule has 12 aromatic rings. The van der Waals surface area contributed by atoms with Gasteiger partial charge in [0.2, 0.25) is 0 Å². The van der Waals surface area contributed by atoms with Crippen LogP contribution in [-0.2, 0) is 5.41 Å². The van der Waals surface area contributed by atoms with Crippen molar-refractivity contribution in [1.29, 1.82) is 0 Å². The van der Waals surface area contributed by atoms with Crippen LogP contribution in [0.4, 0.5) is 0 Å². The lowest BCUT2D eigenvalue weighted by atomic mass is 9.77. The summed E-state index contributed by atoms with van der Waals surface area (Å²) < 4.78 is 0. The normalized spacial score (nSPS) is 11.7. The Kier molecular flexibility index (Phi) is 9.80. The summed E-state index contributed by atoms with van der Waals surface area (Å²) in [5.41, 5.74) is 11.8. The average Bonchev–Trinajstić information content (AvgIpc) is 3.40. The highest BCUT2D eigenvalue weighted by Crippen LogP contribution is 2.37. The van der Waals surface area contributed by atoms with Crippen molar-refractivity contribution in [3.63, 3.8) is 0 Å². The van der Waals surface area contributed by atoms with Gasteiger partial charge in [0.1, 0.15) is 0 Å². The predicted molar refractivity (Wildman–Crippen MR) is 279 cm³/mol. The molecule has 4 nitrogen and oxygen atoms in total. The summed E-state index contributed by atoms with van der Waals surface area (Å²) in [6.07, 6.45) is 0. The Hall–Kier alpha value is -8.60. The van der Waals surface area contributed by atoms with Gasteiger partial charge in [-0.05, 0) is 90.6 Å². The molecular formula is C63H44N4. The maximum atomic E-state index is 5.21. The first-order valence-electron chi connectivity index (χ1n) is 22.8. The highest BCUT2D eigenvalue weighted by molar-refractivity contribution is 5.91. The quantitative estimate of drug-likeness (QED) is 0.153. The molecule has 0 bridgehead atoms. The van der Waals surface area contributed by atoms with Crippen molar-refractivity contribution >= 4 is 43.1 Å². The number of fused-ring (bicyclic) bond motifs is 4. The van der Waals surface area contributed by atoms with E-state index in [1.54, 1.807) is 0 Å². The molecule has 0 saturated carbocycles. The maximum Gasteiger partial charge on any atom is 0.160 e. The SMILES string of the molecule is CC(C)(c1ccc(-c2nc(-c3ccc4ccccc4c3)cc(-c3ccc4ccccc4c3)n2)cc1)c1ccc(-c2nc(-c3ccc4ccccc4c3)cc(-c3ccc4ccccc4c3)n2)cc1. The number of rotatable bonds is 8. The van der Waals surface area contributed by atoms with E-state index in [4.69, 9.17) is 19.9 Å². The number of hydrogen-bond donors (Lipinski definition) is 0. The zero-order valence-electron chi connectivity index (χ0n) is 37.2. The third-order valence-electron chi connectivity index (χ3n) is 13.4. The first kappa shape index (κ1) is 40.0. The van der Waals surface area contributed by atoms with Gasteiger partial charge in [-0.3, -0.25) is 0 Å². The molecule has 0 aliphatic carbocycles. The first-order valence-corrected chi connectivity index (χ1v) is 22.8. The molecule has 0 saturated heterocycles. The zero-order chi connectivity index (χ0) is 44.9. The smallest absolute Gasteiger partial charge is 0.160 e. The Bertz CT molecular complexity index is 3390. The van der Waals surface area contributed by atoms with Gasteiger partial charge in [-0.15, -0.1) is 0 Å². The summed E-state index contributed by atoms with van der Waals surface area (Å²) in [6.45, 7) is 4.56. The lowest BCUT2D eigenvalue weighted by Crippen LogP contribution is -2.18.